The minimum absolute atomic E-state index is 0.563. The van der Waals surface area contributed by atoms with E-state index in [1.165, 1.54) is 0 Å². The second-order valence-electron chi connectivity index (χ2n) is 4.55. The Kier molecular flexibility index (Phi) is 5.08. The Morgan fingerprint density at radius 1 is 1.25 bits per heavy atom. The highest BCUT2D eigenvalue weighted by atomic mass is 79.9. The van der Waals surface area contributed by atoms with E-state index in [1.54, 1.807) is 6.07 Å². The van der Waals surface area contributed by atoms with Gasteiger partial charge in [0.15, 0.2) is 0 Å². The van der Waals surface area contributed by atoms with Crippen molar-refractivity contribution in [2.24, 2.45) is 0 Å². The van der Waals surface area contributed by atoms with Gasteiger partial charge in [0.1, 0.15) is 11.9 Å². The fourth-order valence-electron chi connectivity index (χ4n) is 2.03. The molecule has 0 radical (unpaired) electrons. The van der Waals surface area contributed by atoms with E-state index in [4.69, 9.17) is 16.3 Å². The Hall–Kier alpha value is -1.03. The van der Waals surface area contributed by atoms with E-state index in [2.05, 4.69) is 15.9 Å². The van der Waals surface area contributed by atoms with Crippen LogP contribution in [0, 0.1) is 6.92 Å². The summed E-state index contributed by atoms with van der Waals surface area (Å²) in [7, 11) is 0. The zero-order chi connectivity index (χ0) is 14.7. The summed E-state index contributed by atoms with van der Waals surface area (Å²) >= 11 is 9.36. The van der Waals surface area contributed by atoms with Crippen LogP contribution < -0.4 is 4.74 Å². The maximum atomic E-state index is 10.6. The Labute approximate surface area is 132 Å². The number of aliphatic hydroxyl groups excluding tert-OH is 1. The van der Waals surface area contributed by atoms with Gasteiger partial charge in [0.25, 0.3) is 0 Å². The van der Waals surface area contributed by atoms with Gasteiger partial charge in [-0.2, -0.15) is 0 Å². The lowest BCUT2D eigenvalue weighted by Gasteiger charge is -2.17. The van der Waals surface area contributed by atoms with Crippen molar-refractivity contribution in [3.8, 4) is 5.75 Å². The zero-order valence-electron chi connectivity index (χ0n) is 11.4. The smallest absolute Gasteiger partial charge is 0.125 e. The summed E-state index contributed by atoms with van der Waals surface area (Å²) in [4.78, 5) is 0. The first-order valence-corrected chi connectivity index (χ1v) is 7.56. The van der Waals surface area contributed by atoms with Gasteiger partial charge < -0.3 is 9.84 Å². The van der Waals surface area contributed by atoms with E-state index >= 15 is 0 Å². The SMILES string of the molecule is CCOc1ccc(C)cc1C(O)c1ccc(Cl)c(Br)c1. The van der Waals surface area contributed by atoms with Gasteiger partial charge in [-0.3, -0.25) is 0 Å². The Morgan fingerprint density at radius 3 is 2.65 bits per heavy atom. The first-order chi connectivity index (χ1) is 9.52. The molecule has 2 aromatic rings. The molecule has 0 fully saturated rings. The van der Waals surface area contributed by atoms with Crippen LogP contribution in [0.4, 0.5) is 0 Å². The van der Waals surface area contributed by atoms with Crippen molar-refractivity contribution >= 4 is 27.5 Å². The maximum Gasteiger partial charge on any atom is 0.125 e. The van der Waals surface area contributed by atoms with Gasteiger partial charge in [0.05, 0.1) is 11.6 Å². The predicted octanol–water partition coefficient (Wildman–Crippen LogP) is 4.89. The lowest BCUT2D eigenvalue weighted by atomic mass is 9.99. The standard InChI is InChI=1S/C16H16BrClO2/c1-3-20-15-7-4-10(2)8-12(15)16(19)11-5-6-14(18)13(17)9-11/h4-9,16,19H,3H2,1-2H3. The van der Waals surface area contributed by atoms with Crippen LogP contribution in [-0.4, -0.2) is 11.7 Å². The molecular weight excluding hydrogens is 340 g/mol. The molecular formula is C16H16BrClO2. The van der Waals surface area contributed by atoms with E-state index in [1.807, 2.05) is 44.2 Å². The number of hydrogen-bond acceptors (Lipinski definition) is 2. The second kappa shape index (κ2) is 6.61. The monoisotopic (exact) mass is 354 g/mol. The summed E-state index contributed by atoms with van der Waals surface area (Å²) < 4.78 is 6.36. The Balaban J connectivity index is 2.43. The van der Waals surface area contributed by atoms with Gasteiger partial charge in [0, 0.05) is 10.0 Å². The molecule has 1 unspecified atom stereocenters. The van der Waals surface area contributed by atoms with Gasteiger partial charge in [-0.05, 0) is 59.6 Å². The van der Waals surface area contributed by atoms with Gasteiger partial charge in [-0.1, -0.05) is 29.3 Å². The average molecular weight is 356 g/mol. The molecule has 4 heteroatoms. The van der Waals surface area contributed by atoms with Gasteiger partial charge in [-0.25, -0.2) is 0 Å². The summed E-state index contributed by atoms with van der Waals surface area (Å²) in [5, 5.41) is 11.2. The highest BCUT2D eigenvalue weighted by molar-refractivity contribution is 9.10. The van der Waals surface area contributed by atoms with Crippen molar-refractivity contribution in [2.75, 3.05) is 6.61 Å². The summed E-state index contributed by atoms with van der Waals surface area (Å²) in [6.07, 6.45) is -0.745. The number of benzene rings is 2. The van der Waals surface area contributed by atoms with Gasteiger partial charge in [-0.15, -0.1) is 0 Å². The molecule has 0 aliphatic heterocycles. The van der Waals surface area contributed by atoms with E-state index in [9.17, 15) is 5.11 Å². The third kappa shape index (κ3) is 3.35. The van der Waals surface area contributed by atoms with E-state index < -0.39 is 6.10 Å². The third-order valence-electron chi connectivity index (χ3n) is 3.02. The van der Waals surface area contributed by atoms with Crippen LogP contribution in [0.5, 0.6) is 5.75 Å². The van der Waals surface area contributed by atoms with Crippen LogP contribution in [0.1, 0.15) is 29.7 Å². The van der Waals surface area contributed by atoms with Crippen LogP contribution in [0.3, 0.4) is 0 Å². The normalized spacial score (nSPS) is 12.2. The average Bonchev–Trinajstić information content (AvgIpc) is 2.43. The molecule has 2 aromatic carbocycles. The number of aryl methyl sites for hydroxylation is 1. The van der Waals surface area contributed by atoms with Crippen molar-refractivity contribution in [3.05, 3.63) is 62.6 Å². The second-order valence-corrected chi connectivity index (χ2v) is 5.81. The van der Waals surface area contributed by atoms with Crippen LogP contribution in [0.25, 0.3) is 0 Å². The summed E-state index contributed by atoms with van der Waals surface area (Å²) in [6, 6.07) is 11.2. The molecule has 0 saturated carbocycles. The van der Waals surface area contributed by atoms with Crippen LogP contribution in [0.2, 0.25) is 5.02 Å². The minimum Gasteiger partial charge on any atom is -0.493 e. The van der Waals surface area contributed by atoms with Gasteiger partial charge in [0.2, 0.25) is 0 Å². The molecule has 1 atom stereocenters. The van der Waals surface area contributed by atoms with E-state index in [-0.39, 0.29) is 0 Å². The first-order valence-electron chi connectivity index (χ1n) is 6.39. The number of ether oxygens (including phenoxy) is 1. The summed E-state index contributed by atoms with van der Waals surface area (Å²) in [5.74, 6) is 0.705. The molecule has 0 aliphatic carbocycles. The fraction of sp³-hybridized carbons (Fsp3) is 0.250. The highest BCUT2D eigenvalue weighted by Crippen LogP contribution is 2.33. The molecule has 0 aliphatic rings. The molecule has 0 bridgehead atoms. The number of rotatable bonds is 4. The molecule has 0 aromatic heterocycles. The number of halogens is 2. The first kappa shape index (κ1) is 15.4. The molecule has 0 spiro atoms. The molecule has 2 nitrogen and oxygen atoms in total. The summed E-state index contributed by atoms with van der Waals surface area (Å²) in [5.41, 5.74) is 2.62. The number of hydrogen-bond donors (Lipinski definition) is 1. The van der Waals surface area contributed by atoms with Crippen LogP contribution >= 0.6 is 27.5 Å². The third-order valence-corrected chi connectivity index (χ3v) is 4.23. The quantitative estimate of drug-likeness (QED) is 0.846. The molecule has 0 amide bonds. The molecule has 20 heavy (non-hydrogen) atoms. The van der Waals surface area contributed by atoms with Crippen molar-refractivity contribution < 1.29 is 9.84 Å². The summed E-state index contributed by atoms with van der Waals surface area (Å²) in [6.45, 7) is 4.48. The van der Waals surface area contributed by atoms with Crippen LogP contribution in [-0.2, 0) is 0 Å². The lowest BCUT2D eigenvalue weighted by molar-refractivity contribution is 0.212. The highest BCUT2D eigenvalue weighted by Gasteiger charge is 2.16. The Morgan fingerprint density at radius 2 is 2.00 bits per heavy atom. The minimum atomic E-state index is -0.745. The molecule has 106 valence electrons. The van der Waals surface area contributed by atoms with E-state index in [0.717, 1.165) is 21.2 Å². The molecule has 0 saturated heterocycles. The van der Waals surface area contributed by atoms with Crippen molar-refractivity contribution in [1.29, 1.82) is 0 Å². The molecule has 2 rings (SSSR count). The molecule has 0 heterocycles. The van der Waals surface area contributed by atoms with Gasteiger partial charge >= 0.3 is 0 Å². The zero-order valence-corrected chi connectivity index (χ0v) is 13.7. The topological polar surface area (TPSA) is 29.5 Å². The number of aliphatic hydroxyl groups is 1. The largest absolute Gasteiger partial charge is 0.493 e. The lowest BCUT2D eigenvalue weighted by Crippen LogP contribution is -2.04. The van der Waals surface area contributed by atoms with E-state index in [0.29, 0.717) is 17.4 Å². The fourth-order valence-corrected chi connectivity index (χ4v) is 2.54. The van der Waals surface area contributed by atoms with Crippen molar-refractivity contribution in [1.82, 2.24) is 0 Å². The Bertz CT molecular complexity index is 613. The van der Waals surface area contributed by atoms with Crippen LogP contribution in [0.15, 0.2) is 40.9 Å². The molecule has 1 N–H and O–H groups in total. The van der Waals surface area contributed by atoms with Crippen molar-refractivity contribution in [2.45, 2.75) is 20.0 Å². The predicted molar refractivity (Wildman–Crippen MR) is 85.6 cm³/mol. The van der Waals surface area contributed by atoms with Crippen molar-refractivity contribution in [3.63, 3.8) is 0 Å². The maximum absolute atomic E-state index is 10.6.